The normalized spacial score (nSPS) is 17.4. The Kier molecular flexibility index (Phi) is 5.85. The molecular weight excluding hydrogens is 366 g/mol. The molecule has 0 saturated carbocycles. The summed E-state index contributed by atoms with van der Waals surface area (Å²) in [5, 5.41) is 12.0. The Morgan fingerprint density at radius 1 is 1.21 bits per heavy atom. The van der Waals surface area contributed by atoms with E-state index in [0.29, 0.717) is 6.42 Å². The number of rotatable bonds is 6. The summed E-state index contributed by atoms with van der Waals surface area (Å²) in [7, 11) is 0. The lowest BCUT2D eigenvalue weighted by molar-refractivity contribution is -0.121. The number of nitrogens with zero attached hydrogens (tertiary/aromatic N) is 4. The van der Waals surface area contributed by atoms with Crippen LogP contribution in [0.25, 0.3) is 0 Å². The van der Waals surface area contributed by atoms with Crippen LogP contribution in [0.15, 0.2) is 18.2 Å². The zero-order chi connectivity index (χ0) is 20.4. The van der Waals surface area contributed by atoms with Gasteiger partial charge in [-0.15, -0.1) is 10.2 Å². The molecule has 0 radical (unpaired) electrons. The highest BCUT2D eigenvalue weighted by Gasteiger charge is 2.27. The van der Waals surface area contributed by atoms with Crippen molar-refractivity contribution in [2.45, 2.75) is 59.2 Å². The largest absolute Gasteiger partial charge is 0.493 e. The van der Waals surface area contributed by atoms with E-state index in [4.69, 9.17) is 4.74 Å². The first kappa shape index (κ1) is 19.9. The van der Waals surface area contributed by atoms with Crippen LogP contribution in [-0.2, 0) is 30.7 Å². The maximum Gasteiger partial charge on any atom is 0.220 e. The number of amides is 1. The summed E-state index contributed by atoms with van der Waals surface area (Å²) in [6.07, 6.45) is 2.35. The van der Waals surface area contributed by atoms with Crippen LogP contribution in [0.4, 0.5) is 0 Å². The molecule has 2 aliphatic heterocycles. The molecule has 3 heterocycles. The summed E-state index contributed by atoms with van der Waals surface area (Å²) < 4.78 is 7.84. The number of hydrogen-bond acceptors (Lipinski definition) is 5. The van der Waals surface area contributed by atoms with Crippen LogP contribution < -0.4 is 10.1 Å². The van der Waals surface area contributed by atoms with Gasteiger partial charge in [-0.3, -0.25) is 9.69 Å². The van der Waals surface area contributed by atoms with Crippen molar-refractivity contribution in [3.05, 3.63) is 41.0 Å². The average Bonchev–Trinajstić information content (AvgIpc) is 3.29. The summed E-state index contributed by atoms with van der Waals surface area (Å²) in [6.45, 7) is 10.6. The molecule has 156 valence electrons. The van der Waals surface area contributed by atoms with Crippen LogP contribution in [0.2, 0.25) is 0 Å². The van der Waals surface area contributed by atoms with E-state index in [1.807, 2.05) is 6.92 Å². The summed E-state index contributed by atoms with van der Waals surface area (Å²) in [6, 6.07) is 6.46. The van der Waals surface area contributed by atoms with E-state index in [1.54, 1.807) is 0 Å². The van der Waals surface area contributed by atoms with E-state index in [9.17, 15) is 4.79 Å². The van der Waals surface area contributed by atoms with E-state index >= 15 is 0 Å². The summed E-state index contributed by atoms with van der Waals surface area (Å²) >= 11 is 0. The minimum absolute atomic E-state index is 0.0527. The van der Waals surface area contributed by atoms with Crippen molar-refractivity contribution in [1.29, 1.82) is 0 Å². The molecule has 1 amide bonds. The van der Waals surface area contributed by atoms with Crippen LogP contribution in [0.3, 0.4) is 0 Å². The van der Waals surface area contributed by atoms with Crippen molar-refractivity contribution in [2.24, 2.45) is 5.92 Å². The van der Waals surface area contributed by atoms with Crippen molar-refractivity contribution in [2.75, 3.05) is 19.7 Å². The molecule has 1 N–H and O–H groups in total. The zero-order valence-electron chi connectivity index (χ0n) is 17.6. The molecule has 7 nitrogen and oxygen atoms in total. The van der Waals surface area contributed by atoms with E-state index in [1.165, 1.54) is 11.1 Å². The lowest BCUT2D eigenvalue weighted by Crippen LogP contribution is -2.34. The molecule has 1 aromatic carbocycles. The van der Waals surface area contributed by atoms with E-state index in [0.717, 1.165) is 63.0 Å². The third-order valence-corrected chi connectivity index (χ3v) is 5.89. The minimum atomic E-state index is -0.105. The van der Waals surface area contributed by atoms with Gasteiger partial charge >= 0.3 is 0 Å². The smallest absolute Gasteiger partial charge is 0.220 e. The molecule has 1 aromatic heterocycles. The Hall–Kier alpha value is -2.41. The number of fused-ring (bicyclic) bond motifs is 2. The van der Waals surface area contributed by atoms with Gasteiger partial charge in [0, 0.05) is 45.4 Å². The van der Waals surface area contributed by atoms with Crippen molar-refractivity contribution in [1.82, 2.24) is 25.0 Å². The molecule has 1 unspecified atom stereocenters. The lowest BCUT2D eigenvalue weighted by Gasteiger charge is -2.23. The highest BCUT2D eigenvalue weighted by atomic mass is 16.5. The fourth-order valence-corrected chi connectivity index (χ4v) is 4.18. The first-order valence-electron chi connectivity index (χ1n) is 10.7. The van der Waals surface area contributed by atoms with Gasteiger partial charge in [0.25, 0.3) is 0 Å². The predicted octanol–water partition coefficient (Wildman–Crippen LogP) is 2.49. The monoisotopic (exact) mass is 397 g/mol. The molecule has 29 heavy (non-hydrogen) atoms. The second-order valence-electron chi connectivity index (χ2n) is 8.34. The molecular formula is C22H31N5O2. The molecule has 0 bridgehead atoms. The average molecular weight is 398 g/mol. The number of benzene rings is 1. The molecule has 0 saturated heterocycles. The Balaban J connectivity index is 1.46. The molecule has 7 heteroatoms. The second-order valence-corrected chi connectivity index (χ2v) is 8.34. The van der Waals surface area contributed by atoms with Crippen molar-refractivity contribution >= 4 is 5.91 Å². The summed E-state index contributed by atoms with van der Waals surface area (Å²) in [5.74, 6) is 3.24. The van der Waals surface area contributed by atoms with Gasteiger partial charge in [0.15, 0.2) is 5.82 Å². The summed E-state index contributed by atoms with van der Waals surface area (Å²) in [4.78, 5) is 14.5. The fraction of sp³-hybridized carbons (Fsp3) is 0.591. The number of hydrogen-bond donors (Lipinski definition) is 1. The molecule has 0 aliphatic carbocycles. The number of ether oxygens (including phenoxy) is 1. The van der Waals surface area contributed by atoms with Crippen LogP contribution in [-0.4, -0.2) is 45.3 Å². The molecule has 2 aliphatic rings. The Bertz CT molecular complexity index is 876. The summed E-state index contributed by atoms with van der Waals surface area (Å²) in [5.41, 5.74) is 2.66. The molecule has 0 spiro atoms. The highest BCUT2D eigenvalue weighted by Crippen LogP contribution is 2.27. The van der Waals surface area contributed by atoms with Gasteiger partial charge in [-0.05, 0) is 23.1 Å². The Labute approximate surface area is 172 Å². The standard InChI is InChI=1S/C22H31N5O2/c1-4-20(28)23-21(15(2)3)22-25-24-19-7-9-26(10-11-27(19)22)14-16-5-6-18-17(13-16)8-12-29-18/h5-6,13,15,21H,4,7-12,14H2,1-3H3,(H,23,28). The van der Waals surface area contributed by atoms with Gasteiger partial charge in [0.2, 0.25) is 5.91 Å². The topological polar surface area (TPSA) is 72.3 Å². The predicted molar refractivity (Wildman–Crippen MR) is 111 cm³/mol. The third-order valence-electron chi connectivity index (χ3n) is 5.89. The number of nitrogens with one attached hydrogen (secondary N) is 1. The SMILES string of the molecule is CCC(=O)NC(c1nnc2n1CCN(Cc1ccc3c(c1)CCO3)CC2)C(C)C. The Morgan fingerprint density at radius 3 is 2.86 bits per heavy atom. The second kappa shape index (κ2) is 8.53. The van der Waals surface area contributed by atoms with Crippen molar-refractivity contribution in [3.8, 4) is 5.75 Å². The third kappa shape index (κ3) is 4.29. The van der Waals surface area contributed by atoms with Gasteiger partial charge in [0.05, 0.1) is 12.6 Å². The van der Waals surface area contributed by atoms with Gasteiger partial charge in [-0.1, -0.05) is 32.9 Å². The number of aromatic nitrogens is 3. The number of carbonyl (C=O) groups excluding carboxylic acids is 1. The van der Waals surface area contributed by atoms with Crippen LogP contribution >= 0.6 is 0 Å². The first-order chi connectivity index (χ1) is 14.0. The van der Waals surface area contributed by atoms with Gasteiger partial charge < -0.3 is 14.6 Å². The van der Waals surface area contributed by atoms with Crippen LogP contribution in [0.1, 0.15) is 56.0 Å². The molecule has 2 aromatic rings. The maximum absolute atomic E-state index is 12.0. The minimum Gasteiger partial charge on any atom is -0.493 e. The van der Waals surface area contributed by atoms with Crippen molar-refractivity contribution in [3.63, 3.8) is 0 Å². The zero-order valence-corrected chi connectivity index (χ0v) is 17.6. The van der Waals surface area contributed by atoms with E-state index in [2.05, 4.69) is 57.0 Å². The van der Waals surface area contributed by atoms with E-state index in [-0.39, 0.29) is 17.9 Å². The van der Waals surface area contributed by atoms with E-state index < -0.39 is 0 Å². The maximum atomic E-state index is 12.0. The van der Waals surface area contributed by atoms with Crippen molar-refractivity contribution < 1.29 is 9.53 Å². The Morgan fingerprint density at radius 2 is 2.07 bits per heavy atom. The fourth-order valence-electron chi connectivity index (χ4n) is 4.18. The number of carbonyl (C=O) groups is 1. The quantitative estimate of drug-likeness (QED) is 0.811. The van der Waals surface area contributed by atoms with Crippen LogP contribution in [0, 0.1) is 5.92 Å². The van der Waals surface area contributed by atoms with Gasteiger partial charge in [-0.2, -0.15) is 0 Å². The van der Waals surface area contributed by atoms with Gasteiger partial charge in [-0.25, -0.2) is 0 Å². The van der Waals surface area contributed by atoms with Crippen LogP contribution in [0.5, 0.6) is 5.75 Å². The lowest BCUT2D eigenvalue weighted by atomic mass is 10.0. The first-order valence-corrected chi connectivity index (χ1v) is 10.7. The van der Waals surface area contributed by atoms with Gasteiger partial charge in [0.1, 0.15) is 11.6 Å². The molecule has 0 fully saturated rings. The molecule has 4 rings (SSSR count). The highest BCUT2D eigenvalue weighted by molar-refractivity contribution is 5.75. The molecule has 1 atom stereocenters.